The van der Waals surface area contributed by atoms with Gasteiger partial charge in [-0.2, -0.15) is 0 Å². The predicted molar refractivity (Wildman–Crippen MR) is 340 cm³/mol. The summed E-state index contributed by atoms with van der Waals surface area (Å²) in [6.07, 6.45) is 0. The summed E-state index contributed by atoms with van der Waals surface area (Å²) >= 11 is 0. The van der Waals surface area contributed by atoms with Crippen molar-refractivity contribution in [2.45, 2.75) is 78.6 Å². The molecule has 79 heavy (non-hydrogen) atoms. The molecule has 378 valence electrons. The third-order valence-electron chi connectivity index (χ3n) is 19.0. The Labute approximate surface area is 467 Å². The molecule has 0 amide bonds. The van der Waals surface area contributed by atoms with Crippen molar-refractivity contribution in [3.63, 3.8) is 0 Å². The topological polar surface area (TPSA) is 13.0 Å². The van der Waals surface area contributed by atoms with E-state index >= 15 is 0 Å². The van der Waals surface area contributed by atoms with Crippen molar-refractivity contribution in [3.05, 3.63) is 234 Å². The van der Waals surface area contributed by atoms with Crippen LogP contribution in [0.15, 0.2) is 206 Å². The molecule has 0 spiro atoms. The molecule has 0 aliphatic carbocycles. The minimum absolute atomic E-state index is 0.0223. The van der Waals surface area contributed by atoms with Crippen molar-refractivity contribution in [1.29, 1.82) is 0 Å². The highest BCUT2D eigenvalue weighted by Crippen LogP contribution is 2.56. The average Bonchev–Trinajstić information content (AvgIpc) is 1.73. The van der Waals surface area contributed by atoms with Gasteiger partial charge in [-0.3, -0.25) is 0 Å². The molecule has 0 saturated carbocycles. The molecule has 0 N–H and O–H groups in total. The first-order valence-electron chi connectivity index (χ1n) is 28.9. The van der Waals surface area contributed by atoms with E-state index in [1.165, 1.54) is 134 Å². The number of benzene rings is 10. The standard InChI is InChI=1S/C72H61B3N4/c1-43(2)46-38-49(44(3)4)67(50(39-46)45(5)6)74-53-30-16-20-35-60(53)76(47-24-11-9-12-25-47)63-41-64-58(40-57(63)74)75-55-32-18-22-37-62(55)79-61-36-21-17-31-54(61)73-56-33-23-29-52-70(56)78(59-34-19-15-28-51(59)72(52,7)8)66-42-65(68(75)71(79)69(66)73)77(64)48-26-13-10-14-27-48/h9-45H,1-8H3. The molecule has 6 aliphatic heterocycles. The minimum Gasteiger partial charge on any atom is -0.312 e. The van der Waals surface area contributed by atoms with Crippen molar-refractivity contribution in [2.24, 2.45) is 0 Å². The molecular formula is C72H61B3N4. The van der Waals surface area contributed by atoms with Crippen LogP contribution in [0.2, 0.25) is 0 Å². The van der Waals surface area contributed by atoms with Gasteiger partial charge in [0.25, 0.3) is 13.4 Å². The van der Waals surface area contributed by atoms with Gasteiger partial charge in [-0.15, -0.1) is 0 Å². The second-order valence-electron chi connectivity index (χ2n) is 24.5. The van der Waals surface area contributed by atoms with Crippen LogP contribution < -0.4 is 68.8 Å². The Kier molecular flexibility index (Phi) is 9.93. The van der Waals surface area contributed by atoms with Crippen LogP contribution in [-0.4, -0.2) is 20.1 Å². The maximum Gasteiger partial charge on any atom is 0.252 e. The zero-order valence-corrected chi connectivity index (χ0v) is 46.4. The van der Waals surface area contributed by atoms with Gasteiger partial charge in [-0.25, -0.2) is 0 Å². The maximum atomic E-state index is 2.70. The highest BCUT2D eigenvalue weighted by Gasteiger charge is 2.54. The first-order valence-corrected chi connectivity index (χ1v) is 28.9. The highest BCUT2D eigenvalue weighted by molar-refractivity contribution is 7.05. The largest absolute Gasteiger partial charge is 0.312 e. The fourth-order valence-corrected chi connectivity index (χ4v) is 15.5. The molecule has 0 fully saturated rings. The Hall–Kier alpha value is -8.41. The molecule has 0 atom stereocenters. The van der Waals surface area contributed by atoms with Gasteiger partial charge in [0.2, 0.25) is 6.71 Å². The van der Waals surface area contributed by atoms with Gasteiger partial charge in [0, 0.05) is 68.0 Å². The number of hydrogen-bond donors (Lipinski definition) is 0. The van der Waals surface area contributed by atoms with Gasteiger partial charge in [0.05, 0.1) is 5.69 Å². The van der Waals surface area contributed by atoms with E-state index in [0.29, 0.717) is 17.8 Å². The number of nitrogens with zero attached hydrogens (tertiary/aromatic N) is 4. The molecular weight excluding hydrogens is 953 g/mol. The lowest BCUT2D eigenvalue weighted by Crippen LogP contribution is -2.69. The number of rotatable bonds is 6. The Balaban J connectivity index is 1.07. The second-order valence-corrected chi connectivity index (χ2v) is 24.5. The molecule has 0 aromatic heterocycles. The van der Waals surface area contributed by atoms with Crippen molar-refractivity contribution < 1.29 is 0 Å². The van der Waals surface area contributed by atoms with Crippen LogP contribution in [0.1, 0.15) is 101 Å². The summed E-state index contributed by atoms with van der Waals surface area (Å²) in [7, 11) is 0. The average molecular weight is 1010 g/mol. The monoisotopic (exact) mass is 1010 g/mol. The van der Waals surface area contributed by atoms with Crippen molar-refractivity contribution in [2.75, 3.05) is 19.6 Å². The summed E-state index contributed by atoms with van der Waals surface area (Å²) in [5.41, 5.74) is 34.0. The zero-order valence-electron chi connectivity index (χ0n) is 46.4. The molecule has 7 heteroatoms. The van der Waals surface area contributed by atoms with E-state index in [2.05, 4.69) is 281 Å². The fraction of sp³-hybridized carbons (Fsp3) is 0.167. The predicted octanol–water partition coefficient (Wildman–Crippen LogP) is 12.7. The molecule has 16 rings (SSSR count). The van der Waals surface area contributed by atoms with E-state index in [1.807, 2.05) is 0 Å². The molecule has 6 aliphatic rings. The smallest absolute Gasteiger partial charge is 0.252 e. The van der Waals surface area contributed by atoms with Crippen LogP contribution in [-0.2, 0) is 5.41 Å². The van der Waals surface area contributed by atoms with E-state index in [9.17, 15) is 0 Å². The van der Waals surface area contributed by atoms with Gasteiger partial charge >= 0.3 is 0 Å². The molecule has 10 aromatic rings. The SMILES string of the molecule is CC(C)c1cc(C(C)C)c(B2c3ccccc3N(c3ccccc3)c3cc4c(cc32)B2c3ccccc3N3c5ccccc5B5c6cccc7c6N(c6ccccc6C7(C)C)c6cc(c2c3c65)N4c2ccccc2)c(C(C)C)c1. The van der Waals surface area contributed by atoms with Crippen LogP contribution >= 0.6 is 0 Å². The van der Waals surface area contributed by atoms with Crippen LogP contribution in [0.3, 0.4) is 0 Å². The summed E-state index contributed by atoms with van der Waals surface area (Å²) < 4.78 is 0. The summed E-state index contributed by atoms with van der Waals surface area (Å²) in [5, 5.41) is 0. The maximum absolute atomic E-state index is 2.70. The normalized spacial score (nSPS) is 15.1. The molecule has 6 heterocycles. The summed E-state index contributed by atoms with van der Waals surface area (Å²) in [6, 6.07) is 79.8. The number of fused-ring (bicyclic) bond motifs is 14. The first-order chi connectivity index (χ1) is 38.5. The number of hydrogen-bond acceptors (Lipinski definition) is 4. The van der Waals surface area contributed by atoms with Crippen LogP contribution in [0.5, 0.6) is 0 Å². The quantitative estimate of drug-likeness (QED) is 0.154. The summed E-state index contributed by atoms with van der Waals surface area (Å²) in [6.45, 7) is 19.1. The lowest BCUT2D eigenvalue weighted by Gasteiger charge is -2.53. The molecule has 0 saturated heterocycles. The van der Waals surface area contributed by atoms with Gasteiger partial charge in [0.15, 0.2) is 0 Å². The zero-order chi connectivity index (χ0) is 53.3. The van der Waals surface area contributed by atoms with Crippen LogP contribution in [0, 0.1) is 0 Å². The Morgan fingerprint density at radius 1 is 0.304 bits per heavy atom. The van der Waals surface area contributed by atoms with E-state index in [4.69, 9.17) is 0 Å². The van der Waals surface area contributed by atoms with E-state index in [-0.39, 0.29) is 25.6 Å². The van der Waals surface area contributed by atoms with Gasteiger partial charge in [-0.05, 0) is 150 Å². The molecule has 0 bridgehead atoms. The Morgan fingerprint density at radius 2 is 0.709 bits per heavy atom. The molecule has 4 nitrogen and oxygen atoms in total. The second kappa shape index (κ2) is 16.8. The van der Waals surface area contributed by atoms with Gasteiger partial charge < -0.3 is 19.6 Å². The van der Waals surface area contributed by atoms with Crippen molar-refractivity contribution in [3.8, 4) is 0 Å². The third-order valence-corrected chi connectivity index (χ3v) is 19.0. The van der Waals surface area contributed by atoms with Gasteiger partial charge in [0.1, 0.15) is 0 Å². The Morgan fingerprint density at radius 3 is 1.25 bits per heavy atom. The minimum atomic E-state index is -0.208. The van der Waals surface area contributed by atoms with E-state index in [0.717, 1.165) is 11.4 Å². The van der Waals surface area contributed by atoms with Crippen LogP contribution in [0.25, 0.3) is 0 Å². The highest BCUT2D eigenvalue weighted by atomic mass is 15.2. The van der Waals surface area contributed by atoms with Crippen molar-refractivity contribution >= 4 is 138 Å². The number of anilines is 12. The van der Waals surface area contributed by atoms with Crippen molar-refractivity contribution in [1.82, 2.24) is 0 Å². The third kappa shape index (κ3) is 6.25. The molecule has 0 radical (unpaired) electrons. The lowest BCUT2D eigenvalue weighted by atomic mass is 9.27. The Bertz CT molecular complexity index is 4190. The first kappa shape index (κ1) is 46.7. The van der Waals surface area contributed by atoms with E-state index < -0.39 is 0 Å². The van der Waals surface area contributed by atoms with E-state index in [1.54, 1.807) is 0 Å². The summed E-state index contributed by atoms with van der Waals surface area (Å²) in [5.74, 6) is 1.05. The lowest BCUT2D eigenvalue weighted by molar-refractivity contribution is 0.632. The molecule has 10 aromatic carbocycles. The molecule has 0 unspecified atom stereocenters. The van der Waals surface area contributed by atoms with Crippen LogP contribution in [0.4, 0.5) is 68.2 Å². The number of para-hydroxylation sites is 7. The summed E-state index contributed by atoms with van der Waals surface area (Å²) in [4.78, 5) is 10.6. The fourth-order valence-electron chi connectivity index (χ4n) is 15.5. The van der Waals surface area contributed by atoms with Gasteiger partial charge in [-0.1, -0.05) is 206 Å².